The van der Waals surface area contributed by atoms with Crippen LogP contribution in [0.1, 0.15) is 119 Å². The molecule has 4 amide bonds. The largest absolute Gasteiger partial charge is 0.493 e. The first-order valence-corrected chi connectivity index (χ1v) is 25.9. The number of urea groups is 1. The van der Waals surface area contributed by atoms with E-state index in [9.17, 15) is 9.59 Å². The fraction of sp³-hybridized carbons (Fsp3) is 0.441. The normalized spacial score (nSPS) is 18.1. The van der Waals surface area contributed by atoms with Crippen molar-refractivity contribution in [2.75, 3.05) is 33.5 Å². The van der Waals surface area contributed by atoms with Gasteiger partial charge in [-0.25, -0.2) is 4.79 Å². The van der Waals surface area contributed by atoms with E-state index in [1.165, 1.54) is 20.6 Å². The van der Waals surface area contributed by atoms with Crippen molar-refractivity contribution in [3.8, 4) is 11.5 Å². The van der Waals surface area contributed by atoms with Gasteiger partial charge in [-0.05, 0) is 105 Å². The van der Waals surface area contributed by atoms with Crippen molar-refractivity contribution in [3.05, 3.63) is 106 Å². The summed E-state index contributed by atoms with van der Waals surface area (Å²) in [6.07, 6.45) is 19.5. The zero-order chi connectivity index (χ0) is 48.6. The molecule has 6 aromatic rings. The number of benzene rings is 4. The quantitative estimate of drug-likeness (QED) is 0.0382. The number of allylic oxidation sites excluding steroid dienone is 5. The Kier molecular flexibility index (Phi) is 16.1. The maximum Gasteiger partial charge on any atom is 0.334 e. The van der Waals surface area contributed by atoms with Crippen molar-refractivity contribution in [1.82, 2.24) is 18.9 Å². The van der Waals surface area contributed by atoms with Gasteiger partial charge in [0.25, 0.3) is 11.8 Å². The molecule has 0 spiro atoms. The smallest absolute Gasteiger partial charge is 0.334 e. The highest BCUT2D eigenvalue weighted by atomic mass is 16.5. The van der Waals surface area contributed by atoms with E-state index in [2.05, 4.69) is 122 Å². The summed E-state index contributed by atoms with van der Waals surface area (Å²) in [6, 6.07) is 20.3. The lowest BCUT2D eigenvalue weighted by Crippen LogP contribution is -2.60. The number of aromatic nitrogens is 2. The molecule has 0 N–H and O–H groups in total. The Labute approximate surface area is 407 Å². The second kappa shape index (κ2) is 22.5. The minimum Gasteiger partial charge on any atom is -0.493 e. The Balaban J connectivity index is 1.37. The van der Waals surface area contributed by atoms with Crippen LogP contribution < -0.4 is 20.2 Å². The van der Waals surface area contributed by atoms with Crippen LogP contribution in [0.5, 0.6) is 11.5 Å². The predicted molar refractivity (Wildman–Crippen MR) is 282 cm³/mol. The fourth-order valence-electron chi connectivity index (χ4n) is 10.3. The molecule has 2 fully saturated rings. The van der Waals surface area contributed by atoms with Crippen molar-refractivity contribution in [1.29, 1.82) is 0 Å². The number of carbonyl (C=O) groups excluding carboxylic acids is 3. The lowest BCUT2D eigenvalue weighted by molar-refractivity contribution is -0.137. The number of amides is 4. The Morgan fingerprint density at radius 2 is 1.01 bits per heavy atom. The van der Waals surface area contributed by atoms with E-state index >= 15 is 4.79 Å². The van der Waals surface area contributed by atoms with E-state index in [1.54, 1.807) is 14.0 Å². The van der Waals surface area contributed by atoms with E-state index in [-0.39, 0.29) is 18.7 Å². The Bertz CT molecular complexity index is 2890. The highest BCUT2D eigenvalue weighted by Gasteiger charge is 2.46. The fourth-order valence-corrected chi connectivity index (χ4v) is 10.3. The third kappa shape index (κ3) is 9.62. The van der Waals surface area contributed by atoms with Crippen LogP contribution in [-0.2, 0) is 27.4 Å². The van der Waals surface area contributed by atoms with Crippen molar-refractivity contribution >= 4 is 73.3 Å². The highest BCUT2D eigenvalue weighted by Crippen LogP contribution is 2.41. The van der Waals surface area contributed by atoms with Crippen molar-refractivity contribution in [2.24, 2.45) is 0 Å². The molecule has 1 aliphatic heterocycles. The summed E-state index contributed by atoms with van der Waals surface area (Å²) >= 11 is 0. The molecule has 0 bridgehead atoms. The first-order valence-electron chi connectivity index (χ1n) is 25.9. The molecule has 1 saturated heterocycles. The van der Waals surface area contributed by atoms with Crippen LogP contribution in [0.2, 0.25) is 0 Å². The van der Waals surface area contributed by atoms with Crippen LogP contribution >= 0.6 is 0 Å². The number of barbiturate groups is 1. The number of ether oxygens (including phenoxy) is 3. The zero-order valence-corrected chi connectivity index (χ0v) is 42.1. The molecule has 0 radical (unpaired) electrons. The summed E-state index contributed by atoms with van der Waals surface area (Å²) < 4.78 is 23.0. The zero-order valence-electron chi connectivity index (χ0n) is 42.1. The number of methoxy groups -OCH3 is 1. The summed E-state index contributed by atoms with van der Waals surface area (Å²) in [5.41, 5.74) is 4.76. The second-order valence-corrected chi connectivity index (χ2v) is 18.8. The summed E-state index contributed by atoms with van der Waals surface area (Å²) in [5.74, 6) is 0.674. The van der Waals surface area contributed by atoms with Gasteiger partial charge in [-0.3, -0.25) is 19.4 Å². The van der Waals surface area contributed by atoms with Gasteiger partial charge < -0.3 is 23.3 Å². The lowest BCUT2D eigenvalue weighted by atomic mass is 9.94. The van der Waals surface area contributed by atoms with Crippen LogP contribution in [0.4, 0.5) is 4.79 Å². The molecule has 69 heavy (non-hydrogen) atoms. The number of hydrogen-bond acceptors (Lipinski definition) is 6. The molecule has 8 rings (SSSR count). The summed E-state index contributed by atoms with van der Waals surface area (Å²) in [5, 5.41) is 8.95. The van der Waals surface area contributed by atoms with Gasteiger partial charge in [0.1, 0.15) is 17.1 Å². The van der Waals surface area contributed by atoms with E-state index in [1.807, 2.05) is 6.92 Å². The standard InChI is InChI=1S/C59H72N4O6/c1-8-13-34-60-47(43-20-18-22-45-51(68-37-16-11-4)32-30-49(60)54(43)45)28-26-41-24-25-42(53(41)56-57(64)62(36-15-10-3)59(66)63(58(56)65)40(6)39-67-7)27-29-48-44-21-19-23-46-52(69-38-17-12-5)33-31-50(55(44)46)61(48)35-14-9-2/h18-23,26-33,40H,8-17,24-25,34-39H2,1-7H3/b41-26-,42-27+,47-28+,48-29+,56-53?. The number of unbranched alkanes of at least 4 members (excludes halogenated alkanes) is 5. The van der Waals surface area contributed by atoms with E-state index in [0.29, 0.717) is 38.0 Å². The molecule has 1 saturated carbocycles. The molecular weight excluding hydrogens is 861 g/mol. The number of nitrogens with zero attached hydrogens (tertiary/aromatic N) is 4. The number of rotatable bonds is 22. The Morgan fingerprint density at radius 1 is 0.551 bits per heavy atom. The molecule has 10 nitrogen and oxygen atoms in total. The van der Waals surface area contributed by atoms with Crippen molar-refractivity contribution in [2.45, 2.75) is 138 Å². The van der Waals surface area contributed by atoms with Crippen LogP contribution in [0.25, 0.3) is 55.5 Å². The number of imide groups is 2. The minimum atomic E-state index is -0.589. The molecule has 364 valence electrons. The summed E-state index contributed by atoms with van der Waals surface area (Å²) in [7, 11) is 1.56. The summed E-state index contributed by atoms with van der Waals surface area (Å²) in [4.78, 5) is 46.7. The van der Waals surface area contributed by atoms with Crippen LogP contribution in [0.3, 0.4) is 0 Å². The van der Waals surface area contributed by atoms with Crippen molar-refractivity contribution in [3.63, 3.8) is 0 Å². The average Bonchev–Trinajstić information content (AvgIpc) is 4.00. The Hall–Kier alpha value is -6.13. The maximum absolute atomic E-state index is 15.0. The van der Waals surface area contributed by atoms with Gasteiger partial charge in [0.15, 0.2) is 0 Å². The van der Waals surface area contributed by atoms with Gasteiger partial charge in [0, 0.05) is 80.8 Å². The van der Waals surface area contributed by atoms with Crippen LogP contribution in [-0.4, -0.2) is 76.3 Å². The predicted octanol–water partition coefficient (Wildman–Crippen LogP) is 12.1. The Morgan fingerprint density at radius 3 is 1.48 bits per heavy atom. The second-order valence-electron chi connectivity index (χ2n) is 18.8. The number of carbonyl (C=O) groups is 3. The van der Waals surface area contributed by atoms with Gasteiger partial charge >= 0.3 is 6.03 Å². The van der Waals surface area contributed by atoms with E-state index in [0.717, 1.165) is 137 Å². The molecule has 4 aromatic carbocycles. The molecule has 1 unspecified atom stereocenters. The molecule has 3 heterocycles. The SMILES string of the molecule is CCCCOc1ccc2c3c1cccc3/c(=C\C=C1\CC/C(=C\C=c3/c4cccc5c(OCCCC)ccc(c54)n3CCCC)C1=C1C(=O)N(CCCC)C(=O)N(C(C)COC)C1=O)n2CCCC. The van der Waals surface area contributed by atoms with E-state index < -0.39 is 23.9 Å². The van der Waals surface area contributed by atoms with Gasteiger partial charge in [-0.2, -0.15) is 0 Å². The van der Waals surface area contributed by atoms with Gasteiger partial charge in [0.05, 0.1) is 25.9 Å². The topological polar surface area (TPSA) is 95.2 Å². The van der Waals surface area contributed by atoms with Crippen molar-refractivity contribution < 1.29 is 28.6 Å². The van der Waals surface area contributed by atoms with Crippen LogP contribution in [0.15, 0.2) is 95.1 Å². The number of hydrogen-bond donors (Lipinski definition) is 0. The third-order valence-corrected chi connectivity index (χ3v) is 14.0. The van der Waals surface area contributed by atoms with Crippen LogP contribution in [0, 0.1) is 0 Å². The monoisotopic (exact) mass is 933 g/mol. The minimum absolute atomic E-state index is 0.0440. The summed E-state index contributed by atoms with van der Waals surface area (Å²) in [6.45, 7) is 16.0. The average molecular weight is 933 g/mol. The van der Waals surface area contributed by atoms with Gasteiger partial charge in [0.2, 0.25) is 0 Å². The molecule has 1 atom stereocenters. The third-order valence-electron chi connectivity index (χ3n) is 14.0. The molecule has 1 aliphatic carbocycles. The molecular formula is C59H72N4O6. The molecule has 2 aliphatic rings. The first-order chi connectivity index (χ1) is 33.7. The molecule has 2 aromatic heterocycles. The van der Waals surface area contributed by atoms with Gasteiger partial charge in [-0.15, -0.1) is 0 Å². The van der Waals surface area contributed by atoms with E-state index in [4.69, 9.17) is 14.2 Å². The lowest BCUT2D eigenvalue weighted by Gasteiger charge is -2.37. The first kappa shape index (κ1) is 49.3. The highest BCUT2D eigenvalue weighted by molar-refractivity contribution is 6.30. The molecule has 10 heteroatoms. The maximum atomic E-state index is 15.0. The van der Waals surface area contributed by atoms with Gasteiger partial charge in [-0.1, -0.05) is 115 Å². The number of aryl methyl sites for hydroxylation is 2.